The molecule has 2 rings (SSSR count). The number of carbonyl (C=O) groups excluding carboxylic acids is 1. The van der Waals surface area contributed by atoms with Crippen LogP contribution in [0.4, 0.5) is 0 Å². The second kappa shape index (κ2) is 9.50. The number of nitrogens with one attached hydrogen (secondary N) is 1. The average Bonchev–Trinajstić information content (AvgIpc) is 2.59. The van der Waals surface area contributed by atoms with E-state index in [2.05, 4.69) is 17.4 Å². The van der Waals surface area contributed by atoms with Gasteiger partial charge in [-0.2, -0.15) is 0 Å². The summed E-state index contributed by atoms with van der Waals surface area (Å²) in [6.45, 7) is 0.598. The number of amides is 1. The van der Waals surface area contributed by atoms with Crippen LogP contribution in [0.1, 0.15) is 31.2 Å². The first kappa shape index (κ1) is 17.7. The van der Waals surface area contributed by atoms with E-state index in [0.29, 0.717) is 19.4 Å². The molecule has 0 bridgehead atoms. The Morgan fingerprint density at radius 2 is 1.50 bits per heavy atom. The molecule has 0 aliphatic carbocycles. The van der Waals surface area contributed by atoms with Crippen LogP contribution in [0, 0.1) is 0 Å². The van der Waals surface area contributed by atoms with Crippen LogP contribution in [0.5, 0.6) is 0 Å². The molecular weight excluding hydrogens is 302 g/mol. The van der Waals surface area contributed by atoms with E-state index in [4.69, 9.17) is 5.11 Å². The lowest BCUT2D eigenvalue weighted by Crippen LogP contribution is -2.26. The van der Waals surface area contributed by atoms with Crippen molar-refractivity contribution in [2.75, 3.05) is 6.54 Å². The Morgan fingerprint density at radius 1 is 0.833 bits per heavy atom. The zero-order chi connectivity index (χ0) is 17.2. The van der Waals surface area contributed by atoms with Gasteiger partial charge in [0.25, 0.3) is 0 Å². The SMILES string of the molecule is O=C(O)CCCCCNC(=O)Cc1ccc(-c2ccccc2)cc1. The monoisotopic (exact) mass is 325 g/mol. The molecule has 2 N–H and O–H groups in total. The molecule has 0 heterocycles. The first-order chi connectivity index (χ1) is 11.6. The predicted molar refractivity (Wildman–Crippen MR) is 94.7 cm³/mol. The van der Waals surface area contributed by atoms with E-state index >= 15 is 0 Å². The molecular formula is C20H23NO3. The first-order valence-electron chi connectivity index (χ1n) is 8.28. The molecule has 0 atom stereocenters. The van der Waals surface area contributed by atoms with Crippen molar-refractivity contribution in [1.29, 1.82) is 0 Å². The molecule has 0 aliphatic rings. The molecule has 0 radical (unpaired) electrons. The van der Waals surface area contributed by atoms with Crippen LogP contribution in [0.15, 0.2) is 54.6 Å². The molecule has 2 aromatic carbocycles. The minimum absolute atomic E-state index is 0.000644. The minimum atomic E-state index is -0.766. The molecule has 24 heavy (non-hydrogen) atoms. The highest BCUT2D eigenvalue weighted by Gasteiger charge is 2.04. The van der Waals surface area contributed by atoms with Crippen molar-refractivity contribution >= 4 is 11.9 Å². The van der Waals surface area contributed by atoms with E-state index in [-0.39, 0.29) is 12.3 Å². The Morgan fingerprint density at radius 3 is 2.17 bits per heavy atom. The van der Waals surface area contributed by atoms with Gasteiger partial charge in [0.2, 0.25) is 5.91 Å². The number of benzene rings is 2. The van der Waals surface area contributed by atoms with Gasteiger partial charge in [0.1, 0.15) is 0 Å². The molecule has 0 fully saturated rings. The van der Waals surface area contributed by atoms with Gasteiger partial charge in [-0.15, -0.1) is 0 Å². The third-order valence-electron chi connectivity index (χ3n) is 3.82. The first-order valence-corrected chi connectivity index (χ1v) is 8.28. The molecule has 0 unspecified atom stereocenters. The Kier molecular flexibility index (Phi) is 7.02. The zero-order valence-electron chi connectivity index (χ0n) is 13.7. The molecule has 1 amide bonds. The van der Waals surface area contributed by atoms with Gasteiger partial charge in [0, 0.05) is 13.0 Å². The summed E-state index contributed by atoms with van der Waals surface area (Å²) >= 11 is 0. The van der Waals surface area contributed by atoms with Crippen LogP contribution in [0.3, 0.4) is 0 Å². The number of carboxylic acid groups (broad SMARTS) is 1. The van der Waals surface area contributed by atoms with E-state index in [1.165, 1.54) is 0 Å². The van der Waals surface area contributed by atoms with Crippen LogP contribution in [-0.2, 0) is 16.0 Å². The van der Waals surface area contributed by atoms with Crippen molar-refractivity contribution in [3.05, 3.63) is 60.2 Å². The summed E-state index contributed by atoms with van der Waals surface area (Å²) in [4.78, 5) is 22.3. The van der Waals surface area contributed by atoms with E-state index in [0.717, 1.165) is 29.5 Å². The Bertz CT molecular complexity index is 650. The van der Waals surface area contributed by atoms with Gasteiger partial charge in [-0.1, -0.05) is 61.0 Å². The maximum absolute atomic E-state index is 11.9. The Hall–Kier alpha value is -2.62. The van der Waals surface area contributed by atoms with E-state index in [1.807, 2.05) is 42.5 Å². The zero-order valence-corrected chi connectivity index (χ0v) is 13.7. The van der Waals surface area contributed by atoms with Crippen LogP contribution < -0.4 is 5.32 Å². The Balaban J connectivity index is 1.71. The van der Waals surface area contributed by atoms with Gasteiger partial charge < -0.3 is 10.4 Å². The standard InChI is InChI=1S/C20H23NO3/c22-19(21-14-6-2-5-9-20(23)24)15-16-10-12-18(13-11-16)17-7-3-1-4-8-17/h1,3-4,7-8,10-13H,2,5-6,9,14-15H2,(H,21,22)(H,23,24). The van der Waals surface area contributed by atoms with Gasteiger partial charge in [-0.25, -0.2) is 0 Å². The second-order valence-electron chi connectivity index (χ2n) is 5.79. The van der Waals surface area contributed by atoms with E-state index < -0.39 is 5.97 Å². The summed E-state index contributed by atoms with van der Waals surface area (Å²) in [7, 11) is 0. The van der Waals surface area contributed by atoms with Crippen LogP contribution in [0.2, 0.25) is 0 Å². The molecule has 4 heteroatoms. The van der Waals surface area contributed by atoms with Gasteiger partial charge >= 0.3 is 5.97 Å². The maximum atomic E-state index is 11.9. The smallest absolute Gasteiger partial charge is 0.303 e. The highest BCUT2D eigenvalue weighted by molar-refractivity contribution is 5.78. The molecule has 126 valence electrons. The van der Waals surface area contributed by atoms with Crippen molar-refractivity contribution in [3.8, 4) is 11.1 Å². The van der Waals surface area contributed by atoms with Gasteiger partial charge in [0.15, 0.2) is 0 Å². The summed E-state index contributed by atoms with van der Waals surface area (Å²) in [6, 6.07) is 18.2. The largest absolute Gasteiger partial charge is 0.481 e. The molecule has 2 aromatic rings. The lowest BCUT2D eigenvalue weighted by atomic mass is 10.0. The highest BCUT2D eigenvalue weighted by Crippen LogP contribution is 2.19. The van der Waals surface area contributed by atoms with Crippen molar-refractivity contribution in [2.24, 2.45) is 0 Å². The van der Waals surface area contributed by atoms with Crippen LogP contribution in [-0.4, -0.2) is 23.5 Å². The topological polar surface area (TPSA) is 66.4 Å². The average molecular weight is 325 g/mol. The molecule has 0 saturated heterocycles. The molecule has 0 aliphatic heterocycles. The van der Waals surface area contributed by atoms with E-state index in [9.17, 15) is 9.59 Å². The molecule has 4 nitrogen and oxygen atoms in total. The fraction of sp³-hybridized carbons (Fsp3) is 0.300. The van der Waals surface area contributed by atoms with Gasteiger partial charge in [-0.3, -0.25) is 9.59 Å². The van der Waals surface area contributed by atoms with Crippen LogP contribution >= 0.6 is 0 Å². The molecule has 0 saturated carbocycles. The summed E-state index contributed by atoms with van der Waals surface area (Å²) in [5, 5.41) is 11.4. The third-order valence-corrected chi connectivity index (χ3v) is 3.82. The maximum Gasteiger partial charge on any atom is 0.303 e. The summed E-state index contributed by atoms with van der Waals surface area (Å²) in [5.74, 6) is -0.765. The van der Waals surface area contributed by atoms with Crippen molar-refractivity contribution in [2.45, 2.75) is 32.1 Å². The fourth-order valence-electron chi connectivity index (χ4n) is 2.50. The quantitative estimate of drug-likeness (QED) is 0.692. The highest BCUT2D eigenvalue weighted by atomic mass is 16.4. The van der Waals surface area contributed by atoms with Crippen LogP contribution in [0.25, 0.3) is 11.1 Å². The van der Waals surface area contributed by atoms with Gasteiger partial charge in [-0.05, 0) is 29.5 Å². The number of hydrogen-bond donors (Lipinski definition) is 2. The van der Waals surface area contributed by atoms with Crippen molar-refractivity contribution in [1.82, 2.24) is 5.32 Å². The summed E-state index contributed by atoms with van der Waals surface area (Å²) in [5.41, 5.74) is 3.28. The normalized spacial score (nSPS) is 10.3. The lowest BCUT2D eigenvalue weighted by molar-refractivity contribution is -0.137. The summed E-state index contributed by atoms with van der Waals surface area (Å²) in [6.07, 6.45) is 2.85. The molecule has 0 spiro atoms. The number of rotatable bonds is 9. The van der Waals surface area contributed by atoms with Gasteiger partial charge in [0.05, 0.1) is 6.42 Å². The lowest BCUT2D eigenvalue weighted by Gasteiger charge is -2.06. The molecule has 0 aromatic heterocycles. The number of carbonyl (C=O) groups is 2. The number of unbranched alkanes of at least 4 members (excludes halogenated alkanes) is 2. The minimum Gasteiger partial charge on any atom is -0.481 e. The Labute approximate surface area is 142 Å². The fourth-order valence-corrected chi connectivity index (χ4v) is 2.50. The number of carboxylic acids is 1. The summed E-state index contributed by atoms with van der Waals surface area (Å²) < 4.78 is 0. The van der Waals surface area contributed by atoms with Crippen molar-refractivity contribution in [3.63, 3.8) is 0 Å². The number of hydrogen-bond acceptors (Lipinski definition) is 2. The third kappa shape index (κ3) is 6.24. The van der Waals surface area contributed by atoms with Crippen molar-refractivity contribution < 1.29 is 14.7 Å². The predicted octanol–water partition coefficient (Wildman–Crippen LogP) is 3.66. The second-order valence-corrected chi connectivity index (χ2v) is 5.79. The number of aliphatic carboxylic acids is 1. The van der Waals surface area contributed by atoms with E-state index in [1.54, 1.807) is 0 Å².